The summed E-state index contributed by atoms with van der Waals surface area (Å²) in [6, 6.07) is -0.685. The summed E-state index contributed by atoms with van der Waals surface area (Å²) in [6.45, 7) is 1.71. The predicted molar refractivity (Wildman–Crippen MR) is 36.5 cm³/mol. The van der Waals surface area contributed by atoms with Crippen LogP contribution >= 0.6 is 0 Å². The molecular formula is C6H13NO3. The van der Waals surface area contributed by atoms with Gasteiger partial charge in [0, 0.05) is 7.11 Å². The van der Waals surface area contributed by atoms with Gasteiger partial charge in [0.15, 0.2) is 0 Å². The molecule has 0 aromatic heterocycles. The van der Waals surface area contributed by atoms with Crippen LogP contribution in [-0.4, -0.2) is 32.3 Å². The predicted octanol–water partition coefficient (Wildman–Crippen LogP) is -0.478. The SMILES string of the molecule is COC(=O)[C@@H](N)C(C)OC. The monoisotopic (exact) mass is 147 g/mol. The van der Waals surface area contributed by atoms with E-state index in [2.05, 4.69) is 4.74 Å². The minimum atomic E-state index is -0.685. The first-order valence-electron chi connectivity index (χ1n) is 2.99. The lowest BCUT2D eigenvalue weighted by atomic mass is 10.2. The van der Waals surface area contributed by atoms with Gasteiger partial charge in [-0.2, -0.15) is 0 Å². The van der Waals surface area contributed by atoms with Crippen LogP contribution in [-0.2, 0) is 14.3 Å². The molecule has 2 N–H and O–H groups in total. The van der Waals surface area contributed by atoms with Crippen molar-refractivity contribution in [1.82, 2.24) is 0 Å². The zero-order chi connectivity index (χ0) is 8.15. The average molecular weight is 147 g/mol. The first-order valence-corrected chi connectivity index (χ1v) is 2.99. The summed E-state index contributed by atoms with van der Waals surface area (Å²) in [4.78, 5) is 10.7. The van der Waals surface area contributed by atoms with Gasteiger partial charge >= 0.3 is 5.97 Å². The van der Waals surface area contributed by atoms with Crippen LogP contribution in [0, 0.1) is 0 Å². The fourth-order valence-corrected chi connectivity index (χ4v) is 0.474. The lowest BCUT2D eigenvalue weighted by molar-refractivity contribution is -0.145. The molecule has 0 bridgehead atoms. The summed E-state index contributed by atoms with van der Waals surface area (Å²) < 4.78 is 9.20. The third kappa shape index (κ3) is 2.33. The van der Waals surface area contributed by atoms with Crippen molar-refractivity contribution in [3.8, 4) is 0 Å². The van der Waals surface area contributed by atoms with Gasteiger partial charge in [-0.3, -0.25) is 4.79 Å². The van der Waals surface area contributed by atoms with Crippen molar-refractivity contribution >= 4 is 5.97 Å². The lowest BCUT2D eigenvalue weighted by Crippen LogP contribution is -2.41. The quantitative estimate of drug-likeness (QED) is 0.548. The number of esters is 1. The third-order valence-electron chi connectivity index (χ3n) is 1.35. The van der Waals surface area contributed by atoms with Gasteiger partial charge in [-0.1, -0.05) is 0 Å². The summed E-state index contributed by atoms with van der Waals surface area (Å²) in [7, 11) is 2.79. The molecule has 2 atom stereocenters. The van der Waals surface area contributed by atoms with E-state index in [4.69, 9.17) is 10.5 Å². The van der Waals surface area contributed by atoms with Crippen LogP contribution in [0.4, 0.5) is 0 Å². The summed E-state index contributed by atoms with van der Waals surface area (Å²) >= 11 is 0. The van der Waals surface area contributed by atoms with Crippen molar-refractivity contribution in [1.29, 1.82) is 0 Å². The van der Waals surface area contributed by atoms with E-state index in [-0.39, 0.29) is 6.10 Å². The van der Waals surface area contributed by atoms with Gasteiger partial charge in [-0.15, -0.1) is 0 Å². The molecule has 0 aromatic carbocycles. The van der Waals surface area contributed by atoms with Crippen molar-refractivity contribution in [2.75, 3.05) is 14.2 Å². The number of hydrogen-bond acceptors (Lipinski definition) is 4. The van der Waals surface area contributed by atoms with Crippen molar-refractivity contribution < 1.29 is 14.3 Å². The van der Waals surface area contributed by atoms with Gasteiger partial charge < -0.3 is 15.2 Å². The van der Waals surface area contributed by atoms with E-state index in [0.29, 0.717) is 0 Å². The number of carbonyl (C=O) groups excluding carboxylic acids is 1. The Balaban J connectivity index is 3.81. The average Bonchev–Trinajstić information content (AvgIpc) is 2.00. The normalized spacial score (nSPS) is 16.0. The molecule has 60 valence electrons. The Morgan fingerprint density at radius 2 is 2.00 bits per heavy atom. The van der Waals surface area contributed by atoms with Crippen LogP contribution < -0.4 is 5.73 Å². The number of ether oxygens (including phenoxy) is 2. The second-order valence-corrected chi connectivity index (χ2v) is 1.99. The standard InChI is InChI=1S/C6H13NO3/c1-4(9-2)5(7)6(8)10-3/h4-5H,7H2,1-3H3/t4?,5-/m0/s1. The van der Waals surface area contributed by atoms with Crippen molar-refractivity contribution in [3.05, 3.63) is 0 Å². The molecule has 0 aliphatic heterocycles. The van der Waals surface area contributed by atoms with Crippen LogP contribution in [0.5, 0.6) is 0 Å². The smallest absolute Gasteiger partial charge is 0.325 e. The molecule has 0 spiro atoms. The Hall–Kier alpha value is -0.610. The number of carbonyl (C=O) groups is 1. The largest absolute Gasteiger partial charge is 0.468 e. The van der Waals surface area contributed by atoms with Gasteiger partial charge in [0.25, 0.3) is 0 Å². The Kier molecular flexibility index (Phi) is 3.99. The second kappa shape index (κ2) is 4.24. The highest BCUT2D eigenvalue weighted by Gasteiger charge is 2.20. The van der Waals surface area contributed by atoms with Gasteiger partial charge in [0.05, 0.1) is 13.2 Å². The number of nitrogens with two attached hydrogens (primary N) is 1. The fraction of sp³-hybridized carbons (Fsp3) is 0.833. The van der Waals surface area contributed by atoms with Crippen molar-refractivity contribution in [3.63, 3.8) is 0 Å². The maximum absolute atomic E-state index is 10.7. The highest BCUT2D eigenvalue weighted by Crippen LogP contribution is 1.95. The topological polar surface area (TPSA) is 61.5 Å². The second-order valence-electron chi connectivity index (χ2n) is 1.99. The van der Waals surface area contributed by atoms with Crippen LogP contribution in [0.3, 0.4) is 0 Å². The molecule has 1 unspecified atom stereocenters. The summed E-state index contributed by atoms with van der Waals surface area (Å²) in [5.41, 5.74) is 5.38. The van der Waals surface area contributed by atoms with E-state index in [0.717, 1.165) is 0 Å². The zero-order valence-corrected chi connectivity index (χ0v) is 6.46. The molecular weight excluding hydrogens is 134 g/mol. The molecule has 0 rings (SSSR count). The molecule has 0 saturated carbocycles. The molecule has 0 heterocycles. The first kappa shape index (κ1) is 9.39. The van der Waals surface area contributed by atoms with E-state index in [1.165, 1.54) is 14.2 Å². The number of hydrogen-bond donors (Lipinski definition) is 1. The fourth-order valence-electron chi connectivity index (χ4n) is 0.474. The summed E-state index contributed by atoms with van der Waals surface area (Å²) in [6.07, 6.45) is -0.299. The Bertz CT molecular complexity index is 116. The molecule has 0 amide bonds. The number of rotatable bonds is 3. The van der Waals surface area contributed by atoms with E-state index in [1.54, 1.807) is 6.92 Å². The van der Waals surface area contributed by atoms with E-state index in [1.807, 2.05) is 0 Å². The lowest BCUT2D eigenvalue weighted by Gasteiger charge is -2.15. The number of methoxy groups -OCH3 is 2. The van der Waals surface area contributed by atoms with E-state index in [9.17, 15) is 4.79 Å². The zero-order valence-electron chi connectivity index (χ0n) is 6.46. The highest BCUT2D eigenvalue weighted by atomic mass is 16.5. The molecule has 4 heteroatoms. The molecule has 0 radical (unpaired) electrons. The molecule has 0 fully saturated rings. The molecule has 0 saturated heterocycles. The Morgan fingerprint density at radius 3 is 2.30 bits per heavy atom. The summed E-state index contributed by atoms with van der Waals surface area (Å²) in [5, 5.41) is 0. The minimum absolute atomic E-state index is 0.299. The van der Waals surface area contributed by atoms with Gasteiger partial charge in [0.2, 0.25) is 0 Å². The van der Waals surface area contributed by atoms with Gasteiger partial charge in [0.1, 0.15) is 6.04 Å². The van der Waals surface area contributed by atoms with Crippen molar-refractivity contribution in [2.24, 2.45) is 5.73 Å². The van der Waals surface area contributed by atoms with E-state index < -0.39 is 12.0 Å². The maximum atomic E-state index is 10.7. The summed E-state index contributed by atoms with van der Waals surface area (Å²) in [5.74, 6) is -0.450. The third-order valence-corrected chi connectivity index (χ3v) is 1.35. The van der Waals surface area contributed by atoms with Crippen LogP contribution in [0.15, 0.2) is 0 Å². The van der Waals surface area contributed by atoms with Crippen molar-refractivity contribution in [2.45, 2.75) is 19.1 Å². The van der Waals surface area contributed by atoms with Gasteiger partial charge in [-0.25, -0.2) is 0 Å². The Labute approximate surface area is 60.3 Å². The molecule has 10 heavy (non-hydrogen) atoms. The first-order chi connectivity index (χ1) is 4.63. The molecule has 0 aliphatic carbocycles. The molecule has 4 nitrogen and oxygen atoms in total. The highest BCUT2D eigenvalue weighted by molar-refractivity contribution is 5.75. The van der Waals surface area contributed by atoms with Gasteiger partial charge in [-0.05, 0) is 6.92 Å². The molecule has 0 aliphatic rings. The Morgan fingerprint density at radius 1 is 1.50 bits per heavy atom. The maximum Gasteiger partial charge on any atom is 0.325 e. The minimum Gasteiger partial charge on any atom is -0.468 e. The van der Waals surface area contributed by atoms with Crippen LogP contribution in [0.2, 0.25) is 0 Å². The van der Waals surface area contributed by atoms with Crippen LogP contribution in [0.1, 0.15) is 6.92 Å². The molecule has 0 aromatic rings. The van der Waals surface area contributed by atoms with Crippen LogP contribution in [0.25, 0.3) is 0 Å². The van der Waals surface area contributed by atoms with E-state index >= 15 is 0 Å².